The molecule has 0 bridgehead atoms. The quantitative estimate of drug-likeness (QED) is 0.518. The minimum absolute atomic E-state index is 0.142. The van der Waals surface area contributed by atoms with Gasteiger partial charge in [0, 0.05) is 18.4 Å². The minimum atomic E-state index is -4.47. The fourth-order valence-corrected chi connectivity index (χ4v) is 2.43. The molecule has 0 aromatic heterocycles. The van der Waals surface area contributed by atoms with Gasteiger partial charge < -0.3 is 19.4 Å². The van der Waals surface area contributed by atoms with E-state index in [4.69, 9.17) is 14.5 Å². The van der Waals surface area contributed by atoms with Crippen molar-refractivity contribution in [3.05, 3.63) is 35.9 Å². The zero-order valence-corrected chi connectivity index (χ0v) is 14.6. The number of carbonyl (C=O) groups is 1. The monoisotopic (exact) mass is 395 g/mol. The number of nitrogens with zero attached hydrogens (tertiary/aromatic N) is 1. The first-order valence-electron chi connectivity index (χ1n) is 6.54. The molecular weight excluding hydrogens is 377 g/mol. The molecule has 0 aliphatic carbocycles. The van der Waals surface area contributed by atoms with Gasteiger partial charge in [-0.05, 0) is 12.0 Å². The van der Waals surface area contributed by atoms with Crippen molar-refractivity contribution in [1.29, 1.82) is 0 Å². The van der Waals surface area contributed by atoms with Gasteiger partial charge in [-0.1, -0.05) is 46.3 Å². The Balaban J connectivity index is 2.25. The molecule has 7 nitrogen and oxygen atoms in total. The first-order valence-corrected chi connectivity index (χ1v) is 8.98. The zero-order chi connectivity index (χ0) is 16.6. The number of rotatable bonds is 8. The molecule has 0 aliphatic rings. The van der Waals surface area contributed by atoms with Crippen LogP contribution >= 0.6 is 23.8 Å². The van der Waals surface area contributed by atoms with E-state index in [0.717, 1.165) is 5.56 Å². The average molecular weight is 396 g/mol. The van der Waals surface area contributed by atoms with Crippen LogP contribution in [0.15, 0.2) is 30.3 Å². The van der Waals surface area contributed by atoms with Crippen molar-refractivity contribution in [1.82, 2.24) is 4.90 Å². The lowest BCUT2D eigenvalue weighted by molar-refractivity contribution is 0.103. The highest BCUT2D eigenvalue weighted by atomic mass is 79.9. The summed E-state index contributed by atoms with van der Waals surface area (Å²) in [4.78, 5) is 30.1. The molecule has 1 rings (SSSR count). The number of benzene rings is 1. The van der Waals surface area contributed by atoms with Crippen molar-refractivity contribution in [3.63, 3.8) is 0 Å². The number of alkyl halides is 1. The number of halogens is 1. The number of amides is 1. The number of hydrogen-bond donors (Lipinski definition) is 2. The van der Waals surface area contributed by atoms with Crippen molar-refractivity contribution in [3.8, 4) is 0 Å². The van der Waals surface area contributed by atoms with Crippen LogP contribution in [0.5, 0.6) is 0 Å². The molecule has 0 aliphatic heterocycles. The van der Waals surface area contributed by atoms with Crippen molar-refractivity contribution in [2.24, 2.45) is 0 Å². The average Bonchev–Trinajstić information content (AvgIpc) is 2.48. The van der Waals surface area contributed by atoms with E-state index in [-0.39, 0.29) is 18.0 Å². The molecule has 0 heterocycles. The Bertz CT molecular complexity index is 509. The smallest absolute Gasteiger partial charge is 0.445 e. The van der Waals surface area contributed by atoms with E-state index < -0.39 is 13.9 Å². The van der Waals surface area contributed by atoms with Crippen molar-refractivity contribution in [2.75, 3.05) is 20.2 Å². The third-order valence-corrected chi connectivity index (χ3v) is 3.93. The first-order chi connectivity index (χ1) is 10.3. The summed E-state index contributed by atoms with van der Waals surface area (Å²) in [6.07, 6.45) is 0.0103. The van der Waals surface area contributed by atoms with Gasteiger partial charge in [-0.15, -0.1) is 0 Å². The van der Waals surface area contributed by atoms with Gasteiger partial charge in [0.2, 0.25) is 0 Å². The molecule has 22 heavy (non-hydrogen) atoms. The topological polar surface area (TPSA) is 96.3 Å². The highest BCUT2D eigenvalue weighted by Crippen LogP contribution is 2.36. The maximum atomic E-state index is 11.8. The molecule has 0 spiro atoms. The normalized spacial score (nSPS) is 12.7. The maximum Gasteiger partial charge on any atom is 0.469 e. The van der Waals surface area contributed by atoms with Crippen LogP contribution in [0, 0.1) is 0 Å². The predicted octanol–water partition coefficient (Wildman–Crippen LogP) is 2.52. The van der Waals surface area contributed by atoms with Crippen LogP contribution in [-0.4, -0.2) is 45.8 Å². The van der Waals surface area contributed by atoms with Crippen molar-refractivity contribution >= 4 is 29.8 Å². The number of phosphoric ester groups is 1. The van der Waals surface area contributed by atoms with Crippen LogP contribution in [0.2, 0.25) is 0 Å². The second kappa shape index (κ2) is 9.27. The van der Waals surface area contributed by atoms with Crippen LogP contribution in [0.25, 0.3) is 0 Å². The molecular formula is C13H19BrNO6P. The van der Waals surface area contributed by atoms with Gasteiger partial charge in [0.05, 0.1) is 6.61 Å². The lowest BCUT2D eigenvalue weighted by Crippen LogP contribution is -2.30. The van der Waals surface area contributed by atoms with Gasteiger partial charge in [0.15, 0.2) is 0 Å². The van der Waals surface area contributed by atoms with Crippen LogP contribution in [0.4, 0.5) is 4.79 Å². The van der Waals surface area contributed by atoms with Crippen LogP contribution in [0.1, 0.15) is 12.0 Å². The second-order valence-electron chi connectivity index (χ2n) is 4.63. The molecule has 2 N–H and O–H groups in total. The Labute approximate surface area is 137 Å². The summed E-state index contributed by atoms with van der Waals surface area (Å²) in [6.45, 7) is 0.425. The molecule has 9 heteroatoms. The Hall–Kier alpha value is -0.920. The third-order valence-electron chi connectivity index (χ3n) is 2.72. The number of hydrogen-bond acceptors (Lipinski definition) is 4. The lowest BCUT2D eigenvalue weighted by atomic mass is 10.2. The second-order valence-corrected chi connectivity index (χ2v) is 7.17. The largest absolute Gasteiger partial charge is 0.469 e. The van der Waals surface area contributed by atoms with Gasteiger partial charge in [-0.25, -0.2) is 9.36 Å². The Morgan fingerprint density at radius 2 is 2.00 bits per heavy atom. The van der Waals surface area contributed by atoms with E-state index in [1.54, 1.807) is 7.05 Å². The fraction of sp³-hybridized carbons (Fsp3) is 0.462. The maximum absolute atomic E-state index is 11.8. The highest BCUT2D eigenvalue weighted by Gasteiger charge is 2.18. The van der Waals surface area contributed by atoms with E-state index >= 15 is 0 Å². The van der Waals surface area contributed by atoms with E-state index in [2.05, 4.69) is 20.5 Å². The Morgan fingerprint density at radius 3 is 2.59 bits per heavy atom. The molecule has 0 fully saturated rings. The molecule has 1 aromatic rings. The van der Waals surface area contributed by atoms with Crippen LogP contribution < -0.4 is 0 Å². The summed E-state index contributed by atoms with van der Waals surface area (Å²) in [5, 5.41) is 0. The van der Waals surface area contributed by atoms with Gasteiger partial charge in [-0.2, -0.15) is 0 Å². The molecule has 1 amide bonds. The lowest BCUT2D eigenvalue weighted by Gasteiger charge is -2.19. The van der Waals surface area contributed by atoms with Gasteiger partial charge in [-0.3, -0.25) is 4.52 Å². The predicted molar refractivity (Wildman–Crippen MR) is 84.6 cm³/mol. The van der Waals surface area contributed by atoms with E-state index in [9.17, 15) is 9.36 Å². The Kier molecular flexibility index (Phi) is 8.06. The summed E-state index contributed by atoms with van der Waals surface area (Å²) in [5.41, 5.74) is 0.901. The fourth-order valence-electron chi connectivity index (χ4n) is 1.52. The van der Waals surface area contributed by atoms with Gasteiger partial charge in [0.1, 0.15) is 6.61 Å². The van der Waals surface area contributed by atoms with Crippen molar-refractivity contribution in [2.45, 2.75) is 17.9 Å². The summed E-state index contributed by atoms with van der Waals surface area (Å²) < 4.78 is 20.1. The standard InChI is InChI=1S/C13H19BrNO6P/c1-15(8-7-12(14)10-21-22(17,18)19)13(16)20-9-11-5-3-2-4-6-11/h2-6,12H,7-10H2,1H3,(H2,17,18,19). The molecule has 1 atom stereocenters. The zero-order valence-electron chi connectivity index (χ0n) is 12.1. The highest BCUT2D eigenvalue weighted by molar-refractivity contribution is 9.09. The SMILES string of the molecule is CN(CCC(Br)COP(=O)(O)O)C(=O)OCc1ccccc1. The van der Waals surface area contributed by atoms with Crippen molar-refractivity contribution < 1.29 is 28.4 Å². The summed E-state index contributed by atoms with van der Waals surface area (Å²) in [6, 6.07) is 9.34. The molecule has 0 saturated carbocycles. The number of ether oxygens (including phenoxy) is 1. The molecule has 0 radical (unpaired) electrons. The summed E-state index contributed by atoms with van der Waals surface area (Å²) in [7, 11) is -2.87. The number of carbonyl (C=O) groups excluding carboxylic acids is 1. The van der Waals surface area contributed by atoms with E-state index in [0.29, 0.717) is 13.0 Å². The van der Waals surface area contributed by atoms with E-state index in [1.807, 2.05) is 30.3 Å². The molecule has 124 valence electrons. The van der Waals surface area contributed by atoms with Crippen LogP contribution in [-0.2, 0) is 20.4 Å². The summed E-state index contributed by atoms with van der Waals surface area (Å²) in [5.74, 6) is 0. The molecule has 1 unspecified atom stereocenters. The minimum Gasteiger partial charge on any atom is -0.445 e. The number of phosphoric acid groups is 1. The van der Waals surface area contributed by atoms with Gasteiger partial charge >= 0.3 is 13.9 Å². The Morgan fingerprint density at radius 1 is 1.36 bits per heavy atom. The molecule has 1 aromatic carbocycles. The molecule has 0 saturated heterocycles. The van der Waals surface area contributed by atoms with Gasteiger partial charge in [0.25, 0.3) is 0 Å². The summed E-state index contributed by atoms with van der Waals surface area (Å²) >= 11 is 3.24. The van der Waals surface area contributed by atoms with Crippen LogP contribution in [0.3, 0.4) is 0 Å². The first kappa shape index (κ1) is 19.1. The van der Waals surface area contributed by atoms with E-state index in [1.165, 1.54) is 4.90 Å². The third kappa shape index (κ3) is 8.51.